The summed E-state index contributed by atoms with van der Waals surface area (Å²) in [5.41, 5.74) is 3.66. The number of benzene rings is 1. The van der Waals surface area contributed by atoms with Gasteiger partial charge in [-0.3, -0.25) is 9.69 Å². The summed E-state index contributed by atoms with van der Waals surface area (Å²) >= 11 is 0. The van der Waals surface area contributed by atoms with Crippen LogP contribution in [0.5, 0.6) is 0 Å². The first-order chi connectivity index (χ1) is 15.0. The predicted molar refractivity (Wildman–Crippen MR) is 117 cm³/mol. The summed E-state index contributed by atoms with van der Waals surface area (Å²) < 4.78 is 7.51. The third kappa shape index (κ3) is 5.00. The minimum atomic E-state index is -0.0888. The summed E-state index contributed by atoms with van der Waals surface area (Å²) in [6.07, 6.45) is 2.83. The first kappa shape index (κ1) is 21.6. The first-order valence-electron chi connectivity index (χ1n) is 10.9. The smallest absolute Gasteiger partial charge is 0.252 e. The fraction of sp³-hybridized carbons (Fsp3) is 0.545. The molecule has 3 aromatic rings. The van der Waals surface area contributed by atoms with E-state index < -0.39 is 0 Å². The van der Waals surface area contributed by atoms with Gasteiger partial charge in [0.25, 0.3) is 5.56 Å². The van der Waals surface area contributed by atoms with Crippen molar-refractivity contribution in [1.82, 2.24) is 30.1 Å². The van der Waals surface area contributed by atoms with E-state index in [1.807, 2.05) is 26.0 Å². The zero-order valence-corrected chi connectivity index (χ0v) is 18.2. The fourth-order valence-electron chi connectivity index (χ4n) is 4.14. The molecule has 0 spiro atoms. The Balaban J connectivity index is 1.57. The van der Waals surface area contributed by atoms with Gasteiger partial charge in [-0.25, -0.2) is 4.68 Å². The highest BCUT2D eigenvalue weighted by molar-refractivity contribution is 5.85. The predicted octanol–water partition coefficient (Wildman–Crippen LogP) is 1.70. The first-order valence-corrected chi connectivity index (χ1v) is 10.9. The Morgan fingerprint density at radius 2 is 2.13 bits per heavy atom. The summed E-state index contributed by atoms with van der Waals surface area (Å²) in [6, 6.07) is 6.08. The van der Waals surface area contributed by atoms with E-state index in [9.17, 15) is 9.90 Å². The van der Waals surface area contributed by atoms with Crippen molar-refractivity contribution in [2.75, 3.05) is 19.8 Å². The number of aryl methyl sites for hydroxylation is 2. The lowest BCUT2D eigenvalue weighted by atomic mass is 10.0. The van der Waals surface area contributed by atoms with Crippen LogP contribution in [-0.4, -0.2) is 61.1 Å². The van der Waals surface area contributed by atoms with Crippen LogP contribution in [0.25, 0.3) is 10.9 Å². The molecule has 0 amide bonds. The molecule has 1 aliphatic rings. The van der Waals surface area contributed by atoms with E-state index in [-0.39, 0.29) is 18.3 Å². The molecule has 2 aromatic heterocycles. The lowest BCUT2D eigenvalue weighted by molar-refractivity contribution is 0.0915. The van der Waals surface area contributed by atoms with Gasteiger partial charge >= 0.3 is 0 Å². The van der Waals surface area contributed by atoms with Crippen molar-refractivity contribution in [1.29, 1.82) is 0 Å². The molecule has 1 aliphatic heterocycles. The highest BCUT2D eigenvalue weighted by atomic mass is 16.5. The second-order valence-corrected chi connectivity index (χ2v) is 8.31. The molecule has 31 heavy (non-hydrogen) atoms. The van der Waals surface area contributed by atoms with Gasteiger partial charge in [0.15, 0.2) is 5.82 Å². The minimum absolute atomic E-state index is 0.0870. The molecule has 9 nitrogen and oxygen atoms in total. The van der Waals surface area contributed by atoms with Crippen LogP contribution in [0.15, 0.2) is 23.0 Å². The van der Waals surface area contributed by atoms with Gasteiger partial charge in [-0.2, -0.15) is 0 Å². The number of aromatic amines is 1. The van der Waals surface area contributed by atoms with Gasteiger partial charge in [-0.1, -0.05) is 12.1 Å². The van der Waals surface area contributed by atoms with Crippen LogP contribution in [0.4, 0.5) is 0 Å². The van der Waals surface area contributed by atoms with Crippen LogP contribution in [0.3, 0.4) is 0 Å². The third-order valence-electron chi connectivity index (χ3n) is 5.92. The lowest BCUT2D eigenvalue weighted by Crippen LogP contribution is -2.30. The summed E-state index contributed by atoms with van der Waals surface area (Å²) in [6.45, 7) is 7.12. The summed E-state index contributed by atoms with van der Waals surface area (Å²) in [5.74, 6) is 0.734. The van der Waals surface area contributed by atoms with E-state index in [0.29, 0.717) is 38.2 Å². The maximum atomic E-state index is 12.8. The number of aromatic nitrogens is 5. The van der Waals surface area contributed by atoms with Crippen molar-refractivity contribution < 1.29 is 9.84 Å². The standard InChI is InChI=1S/C22H30N6O3/c1-15-6-7-16(2)21-19(15)11-17(22(30)23-21)12-27(8-4-9-29)14-20-24-25-26-28(20)13-18-5-3-10-31-18/h6-7,11,18,29H,3-5,8-10,12-14H2,1-2H3,(H,23,30)/t18-/m0/s1. The molecule has 4 rings (SSSR count). The fourth-order valence-corrected chi connectivity index (χ4v) is 4.14. The monoisotopic (exact) mass is 426 g/mol. The number of hydrogen-bond acceptors (Lipinski definition) is 7. The van der Waals surface area contributed by atoms with Crippen LogP contribution in [0, 0.1) is 13.8 Å². The Kier molecular flexibility index (Phi) is 6.74. The maximum Gasteiger partial charge on any atom is 0.252 e. The molecular weight excluding hydrogens is 396 g/mol. The number of fused-ring (bicyclic) bond motifs is 1. The van der Waals surface area contributed by atoms with E-state index in [4.69, 9.17) is 4.74 Å². The summed E-state index contributed by atoms with van der Waals surface area (Å²) in [4.78, 5) is 18.0. The second-order valence-electron chi connectivity index (χ2n) is 8.31. The van der Waals surface area contributed by atoms with Gasteiger partial charge in [-0.15, -0.1) is 5.10 Å². The normalized spacial score (nSPS) is 16.6. The largest absolute Gasteiger partial charge is 0.396 e. The van der Waals surface area contributed by atoms with E-state index >= 15 is 0 Å². The van der Waals surface area contributed by atoms with Crippen LogP contribution < -0.4 is 5.56 Å². The highest BCUT2D eigenvalue weighted by Gasteiger charge is 2.20. The summed E-state index contributed by atoms with van der Waals surface area (Å²) in [7, 11) is 0. The van der Waals surface area contributed by atoms with Gasteiger partial charge < -0.3 is 14.8 Å². The van der Waals surface area contributed by atoms with Gasteiger partial charge in [-0.05, 0) is 60.7 Å². The number of rotatable bonds is 9. The molecule has 1 fully saturated rings. The summed E-state index contributed by atoms with van der Waals surface area (Å²) in [5, 5.41) is 22.6. The quantitative estimate of drug-likeness (QED) is 0.536. The van der Waals surface area contributed by atoms with Crippen LogP contribution in [0.2, 0.25) is 0 Å². The molecule has 0 bridgehead atoms. The second kappa shape index (κ2) is 9.67. The van der Waals surface area contributed by atoms with Gasteiger partial charge in [0.2, 0.25) is 0 Å². The minimum Gasteiger partial charge on any atom is -0.396 e. The van der Waals surface area contributed by atoms with E-state index in [1.165, 1.54) is 0 Å². The average Bonchev–Trinajstić information content (AvgIpc) is 3.43. The number of H-pyrrole nitrogens is 1. The molecule has 166 valence electrons. The number of tetrazole rings is 1. The molecule has 2 N–H and O–H groups in total. The Bertz CT molecular complexity index is 1090. The Hall–Kier alpha value is -2.62. The molecule has 1 aromatic carbocycles. The molecule has 0 aliphatic carbocycles. The van der Waals surface area contributed by atoms with Crippen LogP contribution >= 0.6 is 0 Å². The van der Waals surface area contributed by atoms with Crippen LogP contribution in [0.1, 0.15) is 41.8 Å². The molecule has 0 unspecified atom stereocenters. The number of nitrogens with zero attached hydrogens (tertiary/aromatic N) is 5. The van der Waals surface area contributed by atoms with Crippen molar-refractivity contribution in [2.24, 2.45) is 0 Å². The van der Waals surface area contributed by atoms with Crippen LogP contribution in [-0.2, 0) is 24.4 Å². The van der Waals surface area contributed by atoms with E-state index in [1.54, 1.807) is 4.68 Å². The zero-order valence-electron chi connectivity index (χ0n) is 18.2. The van der Waals surface area contributed by atoms with Crippen molar-refractivity contribution in [3.8, 4) is 0 Å². The molecule has 0 radical (unpaired) electrons. The molecule has 0 saturated carbocycles. The molecular formula is C22H30N6O3. The number of aliphatic hydroxyl groups is 1. The Morgan fingerprint density at radius 3 is 2.90 bits per heavy atom. The SMILES string of the molecule is Cc1ccc(C)c2[nH]c(=O)c(CN(CCCO)Cc3nnnn3C[C@@H]3CCCO3)cc12. The van der Waals surface area contributed by atoms with Gasteiger partial charge in [0.1, 0.15) is 0 Å². The number of hydrogen-bond donors (Lipinski definition) is 2. The number of ether oxygens (including phenoxy) is 1. The Morgan fingerprint density at radius 1 is 1.29 bits per heavy atom. The number of aliphatic hydroxyl groups excluding tert-OH is 1. The Labute approximate surface area is 181 Å². The van der Waals surface area contributed by atoms with Gasteiger partial charge in [0, 0.05) is 37.3 Å². The highest BCUT2D eigenvalue weighted by Crippen LogP contribution is 2.20. The third-order valence-corrected chi connectivity index (χ3v) is 5.92. The van der Waals surface area contributed by atoms with Crippen molar-refractivity contribution >= 4 is 10.9 Å². The maximum absolute atomic E-state index is 12.8. The molecule has 3 heterocycles. The van der Waals surface area contributed by atoms with E-state index in [2.05, 4.69) is 31.5 Å². The molecule has 1 atom stereocenters. The molecule has 9 heteroatoms. The topological polar surface area (TPSA) is 109 Å². The lowest BCUT2D eigenvalue weighted by Gasteiger charge is -2.22. The number of pyridine rings is 1. The van der Waals surface area contributed by atoms with E-state index in [0.717, 1.165) is 47.3 Å². The number of nitrogens with one attached hydrogen (secondary N) is 1. The van der Waals surface area contributed by atoms with Crippen molar-refractivity contribution in [2.45, 2.75) is 58.8 Å². The molecule has 1 saturated heterocycles. The van der Waals surface area contributed by atoms with Crippen molar-refractivity contribution in [3.63, 3.8) is 0 Å². The van der Waals surface area contributed by atoms with Crippen molar-refractivity contribution in [3.05, 3.63) is 51.1 Å². The van der Waals surface area contributed by atoms with Gasteiger partial charge in [0.05, 0.1) is 24.7 Å². The average molecular weight is 427 g/mol. The zero-order chi connectivity index (χ0) is 21.8.